The number of hydrogen-bond donors (Lipinski definition) is 0. The van der Waals surface area contributed by atoms with E-state index in [0.29, 0.717) is 5.92 Å². The Bertz CT molecular complexity index is 315. The molecule has 0 saturated carbocycles. The van der Waals surface area contributed by atoms with Crippen LogP contribution >= 0.6 is 11.8 Å². The summed E-state index contributed by atoms with van der Waals surface area (Å²) in [5.41, 5.74) is 1.75. The van der Waals surface area contributed by atoms with E-state index in [4.69, 9.17) is 0 Å². The lowest BCUT2D eigenvalue weighted by atomic mass is 10.0. The van der Waals surface area contributed by atoms with E-state index >= 15 is 0 Å². The molecule has 3 nitrogen and oxygen atoms in total. The van der Waals surface area contributed by atoms with Crippen molar-refractivity contribution < 1.29 is 4.79 Å². The number of hydrogen-bond acceptors (Lipinski definition) is 3. The molecule has 4 heteroatoms. The maximum Gasteiger partial charge on any atom is 0.153 e. The smallest absolute Gasteiger partial charge is 0.153 e. The third-order valence-corrected chi connectivity index (χ3v) is 3.49. The monoisotopic (exact) mass is 196 g/mol. The number of nitrogens with zero attached hydrogens (tertiary/aromatic N) is 2. The number of aldehydes is 1. The summed E-state index contributed by atoms with van der Waals surface area (Å²) in [5, 5.41) is 4.34. The lowest BCUT2D eigenvalue weighted by molar-refractivity contribution is 0.112. The zero-order chi connectivity index (χ0) is 9.26. The molecule has 2 rings (SSSR count). The molecule has 1 unspecified atom stereocenters. The minimum Gasteiger partial charge on any atom is -0.298 e. The van der Waals surface area contributed by atoms with Crippen molar-refractivity contribution in [1.29, 1.82) is 0 Å². The molecule has 0 N–H and O–H groups in total. The van der Waals surface area contributed by atoms with Crippen LogP contribution in [0.3, 0.4) is 0 Å². The number of aromatic nitrogens is 2. The summed E-state index contributed by atoms with van der Waals surface area (Å²) in [6, 6.07) is 0. The van der Waals surface area contributed by atoms with Gasteiger partial charge in [-0.1, -0.05) is 0 Å². The van der Waals surface area contributed by atoms with Crippen LogP contribution in [0.5, 0.6) is 0 Å². The van der Waals surface area contributed by atoms with Gasteiger partial charge >= 0.3 is 0 Å². The van der Waals surface area contributed by atoms with Gasteiger partial charge in [0.1, 0.15) is 0 Å². The topological polar surface area (TPSA) is 34.9 Å². The summed E-state index contributed by atoms with van der Waals surface area (Å²) in [7, 11) is 1.86. The Morgan fingerprint density at radius 2 is 2.62 bits per heavy atom. The average molecular weight is 196 g/mol. The van der Waals surface area contributed by atoms with Crippen molar-refractivity contribution in [3.63, 3.8) is 0 Å². The van der Waals surface area contributed by atoms with Gasteiger partial charge in [0.25, 0.3) is 0 Å². The minimum atomic E-state index is 0.492. The van der Waals surface area contributed by atoms with Crippen molar-refractivity contribution in [2.24, 2.45) is 7.05 Å². The third kappa shape index (κ3) is 1.63. The fraction of sp³-hybridized carbons (Fsp3) is 0.556. The number of rotatable bonds is 2. The largest absolute Gasteiger partial charge is 0.298 e. The van der Waals surface area contributed by atoms with E-state index in [-0.39, 0.29) is 0 Å². The van der Waals surface area contributed by atoms with E-state index in [1.165, 1.54) is 5.75 Å². The van der Waals surface area contributed by atoms with Crippen LogP contribution in [-0.2, 0) is 7.05 Å². The molecule has 2 heterocycles. The Labute approximate surface area is 81.5 Å². The van der Waals surface area contributed by atoms with Gasteiger partial charge in [0.05, 0.1) is 11.3 Å². The van der Waals surface area contributed by atoms with Crippen LogP contribution in [0.1, 0.15) is 28.4 Å². The first-order valence-electron chi connectivity index (χ1n) is 4.37. The lowest BCUT2D eigenvalue weighted by Gasteiger charge is -2.03. The van der Waals surface area contributed by atoms with Crippen LogP contribution in [0.2, 0.25) is 0 Å². The normalized spacial score (nSPS) is 22.1. The summed E-state index contributed by atoms with van der Waals surface area (Å²) in [4.78, 5) is 10.7. The van der Waals surface area contributed by atoms with Crippen molar-refractivity contribution in [3.8, 4) is 0 Å². The fourth-order valence-electron chi connectivity index (χ4n) is 1.68. The zero-order valence-corrected chi connectivity index (χ0v) is 8.38. The van der Waals surface area contributed by atoms with Gasteiger partial charge in [-0.2, -0.15) is 16.9 Å². The van der Waals surface area contributed by atoms with Crippen LogP contribution in [0, 0.1) is 0 Å². The van der Waals surface area contributed by atoms with Gasteiger partial charge in [0.2, 0.25) is 0 Å². The molecule has 1 aliphatic heterocycles. The highest BCUT2D eigenvalue weighted by Crippen LogP contribution is 2.32. The van der Waals surface area contributed by atoms with E-state index in [1.54, 1.807) is 10.9 Å². The Morgan fingerprint density at radius 1 is 1.77 bits per heavy atom. The molecule has 0 radical (unpaired) electrons. The molecule has 0 spiro atoms. The second kappa shape index (κ2) is 3.54. The predicted molar refractivity (Wildman–Crippen MR) is 53.3 cm³/mol. The molecule has 0 bridgehead atoms. The van der Waals surface area contributed by atoms with Crippen LogP contribution in [0.25, 0.3) is 0 Å². The van der Waals surface area contributed by atoms with Gasteiger partial charge in [-0.25, -0.2) is 0 Å². The summed E-state index contributed by atoms with van der Waals surface area (Å²) >= 11 is 1.94. The summed E-state index contributed by atoms with van der Waals surface area (Å²) in [6.07, 6.45) is 3.86. The van der Waals surface area contributed by atoms with Gasteiger partial charge in [0.15, 0.2) is 6.29 Å². The highest BCUT2D eigenvalue weighted by molar-refractivity contribution is 7.99. The Hall–Kier alpha value is -0.770. The van der Waals surface area contributed by atoms with Crippen molar-refractivity contribution in [2.45, 2.75) is 12.3 Å². The molecule has 1 aromatic heterocycles. The highest BCUT2D eigenvalue weighted by Gasteiger charge is 2.22. The lowest BCUT2D eigenvalue weighted by Crippen LogP contribution is -2.01. The van der Waals surface area contributed by atoms with E-state index < -0.39 is 0 Å². The molecule has 0 amide bonds. The van der Waals surface area contributed by atoms with Gasteiger partial charge in [0, 0.05) is 24.9 Å². The predicted octanol–water partition coefficient (Wildman–Crippen LogP) is 1.45. The maximum absolute atomic E-state index is 10.7. The number of carbonyl (C=O) groups excluding carboxylic acids is 1. The van der Waals surface area contributed by atoms with E-state index in [9.17, 15) is 4.79 Å². The summed E-state index contributed by atoms with van der Waals surface area (Å²) in [5.74, 6) is 2.80. The molecule has 0 aromatic carbocycles. The molecular formula is C9H12N2OS. The molecule has 1 fully saturated rings. The molecule has 1 atom stereocenters. The van der Waals surface area contributed by atoms with Crippen molar-refractivity contribution >= 4 is 18.0 Å². The number of carbonyl (C=O) groups is 1. The average Bonchev–Trinajstić information content (AvgIpc) is 2.71. The number of thioether (sulfide) groups is 1. The molecule has 1 saturated heterocycles. The third-order valence-electron chi connectivity index (χ3n) is 2.33. The Balaban J connectivity index is 2.31. The van der Waals surface area contributed by atoms with E-state index in [1.807, 2.05) is 18.8 Å². The zero-order valence-electron chi connectivity index (χ0n) is 7.56. The molecular weight excluding hydrogens is 184 g/mol. The van der Waals surface area contributed by atoms with Crippen molar-refractivity contribution in [3.05, 3.63) is 17.5 Å². The molecule has 70 valence electrons. The molecule has 13 heavy (non-hydrogen) atoms. The van der Waals surface area contributed by atoms with E-state index in [0.717, 1.165) is 29.7 Å². The molecule has 1 aromatic rings. The molecule has 1 aliphatic rings. The number of aryl methyl sites for hydroxylation is 1. The SMILES string of the molecule is Cn1cc(C=O)c(C2CCSC2)n1. The summed E-state index contributed by atoms with van der Waals surface area (Å²) < 4.78 is 1.72. The van der Waals surface area contributed by atoms with Gasteiger partial charge in [-0.15, -0.1) is 0 Å². The fourth-order valence-corrected chi connectivity index (χ4v) is 2.91. The second-order valence-corrected chi connectivity index (χ2v) is 4.47. The first-order valence-corrected chi connectivity index (χ1v) is 5.53. The van der Waals surface area contributed by atoms with Crippen molar-refractivity contribution in [2.75, 3.05) is 11.5 Å². The Morgan fingerprint density at radius 3 is 3.23 bits per heavy atom. The van der Waals surface area contributed by atoms with Gasteiger partial charge in [-0.05, 0) is 12.2 Å². The highest BCUT2D eigenvalue weighted by atomic mass is 32.2. The van der Waals surface area contributed by atoms with Gasteiger partial charge in [-0.3, -0.25) is 9.48 Å². The summed E-state index contributed by atoms with van der Waals surface area (Å²) in [6.45, 7) is 0. The molecule has 0 aliphatic carbocycles. The van der Waals surface area contributed by atoms with Crippen LogP contribution < -0.4 is 0 Å². The van der Waals surface area contributed by atoms with E-state index in [2.05, 4.69) is 5.10 Å². The first kappa shape index (κ1) is 8.81. The quantitative estimate of drug-likeness (QED) is 0.671. The first-order chi connectivity index (χ1) is 6.31. The van der Waals surface area contributed by atoms with Crippen LogP contribution in [0.4, 0.5) is 0 Å². The van der Waals surface area contributed by atoms with Crippen LogP contribution in [-0.4, -0.2) is 27.6 Å². The standard InChI is InChI=1S/C9H12N2OS/c1-11-4-8(5-12)9(10-11)7-2-3-13-6-7/h4-5,7H,2-3,6H2,1H3. The maximum atomic E-state index is 10.7. The van der Waals surface area contributed by atoms with Crippen LogP contribution in [0.15, 0.2) is 6.20 Å². The minimum absolute atomic E-state index is 0.492. The Kier molecular flexibility index (Phi) is 2.40. The van der Waals surface area contributed by atoms with Crippen molar-refractivity contribution in [1.82, 2.24) is 9.78 Å². The van der Waals surface area contributed by atoms with Gasteiger partial charge < -0.3 is 0 Å². The second-order valence-electron chi connectivity index (χ2n) is 3.32.